The molecule has 0 fully saturated rings. The maximum Gasteiger partial charge on any atom is 0.327 e. The molecule has 3 aromatic rings. The van der Waals surface area contributed by atoms with Crippen LogP contribution in [0.4, 0.5) is 0 Å². The molecule has 0 aliphatic heterocycles. The van der Waals surface area contributed by atoms with Crippen LogP contribution in [-0.2, 0) is 6.54 Å². The Kier molecular flexibility index (Phi) is 5.20. The number of amides is 1. The normalized spacial score (nSPS) is 10.6. The predicted octanol–water partition coefficient (Wildman–Crippen LogP) is 0.949. The molecule has 0 saturated heterocycles. The lowest BCUT2D eigenvalue weighted by Crippen LogP contribution is -2.25. The van der Waals surface area contributed by atoms with Crippen LogP contribution in [-0.4, -0.2) is 34.6 Å². The lowest BCUT2D eigenvalue weighted by molar-refractivity contribution is 0.0950. The fourth-order valence-electron chi connectivity index (χ4n) is 2.55. The quantitative estimate of drug-likeness (QED) is 0.593. The monoisotopic (exact) mass is 370 g/mol. The third-order valence-electron chi connectivity index (χ3n) is 3.83. The minimum Gasteiger partial charge on any atom is -0.493 e. The molecule has 3 rings (SSSR count). The van der Waals surface area contributed by atoms with E-state index < -0.39 is 17.2 Å². The molecule has 140 valence electrons. The van der Waals surface area contributed by atoms with E-state index in [2.05, 4.69) is 20.3 Å². The highest BCUT2D eigenvalue weighted by Crippen LogP contribution is 2.28. The Morgan fingerprint density at radius 2 is 2.00 bits per heavy atom. The van der Waals surface area contributed by atoms with Gasteiger partial charge in [-0.2, -0.15) is 0 Å². The Labute approximate surface area is 153 Å². The fourth-order valence-corrected chi connectivity index (χ4v) is 2.55. The molecule has 0 bridgehead atoms. The number of carbonyl (C=O) groups is 1. The van der Waals surface area contributed by atoms with Gasteiger partial charge in [0, 0.05) is 12.7 Å². The summed E-state index contributed by atoms with van der Waals surface area (Å²) in [7, 11) is 1.54. The van der Waals surface area contributed by atoms with Gasteiger partial charge >= 0.3 is 5.69 Å². The summed E-state index contributed by atoms with van der Waals surface area (Å²) in [5, 5.41) is 2.88. The number of pyridine rings is 1. The molecular weight excluding hydrogens is 352 g/mol. The maximum atomic E-state index is 12.4. The van der Waals surface area contributed by atoms with Crippen LogP contribution in [0, 0.1) is 0 Å². The lowest BCUT2D eigenvalue weighted by Gasteiger charge is -2.11. The zero-order valence-electron chi connectivity index (χ0n) is 14.8. The molecule has 0 unspecified atom stereocenters. The van der Waals surface area contributed by atoms with Gasteiger partial charge in [0.1, 0.15) is 5.65 Å². The van der Waals surface area contributed by atoms with E-state index in [0.717, 1.165) is 5.56 Å². The second kappa shape index (κ2) is 7.73. The molecule has 0 atom stereocenters. The third kappa shape index (κ3) is 3.97. The van der Waals surface area contributed by atoms with Crippen LogP contribution < -0.4 is 26.0 Å². The van der Waals surface area contributed by atoms with Gasteiger partial charge in [-0.1, -0.05) is 6.07 Å². The summed E-state index contributed by atoms with van der Waals surface area (Å²) in [6.07, 6.45) is 1.30. The van der Waals surface area contributed by atoms with Crippen LogP contribution in [0.2, 0.25) is 0 Å². The number of benzene rings is 1. The first kappa shape index (κ1) is 18.2. The van der Waals surface area contributed by atoms with Gasteiger partial charge in [0.2, 0.25) is 0 Å². The van der Waals surface area contributed by atoms with E-state index in [1.165, 1.54) is 12.3 Å². The van der Waals surface area contributed by atoms with Crippen molar-refractivity contribution >= 4 is 16.9 Å². The third-order valence-corrected chi connectivity index (χ3v) is 3.83. The second-order valence-corrected chi connectivity index (χ2v) is 5.63. The molecule has 2 aromatic heterocycles. The van der Waals surface area contributed by atoms with Crippen LogP contribution in [0.1, 0.15) is 22.8 Å². The SMILES string of the molecule is CCOc1ccc(CNC(=O)c2cnc3[nH]c(=O)[nH]c(=O)c3c2)cc1OC. The number of hydrogen-bond donors (Lipinski definition) is 3. The van der Waals surface area contributed by atoms with Gasteiger partial charge in [0.15, 0.2) is 11.5 Å². The summed E-state index contributed by atoms with van der Waals surface area (Å²) >= 11 is 0. The van der Waals surface area contributed by atoms with Crippen molar-refractivity contribution in [2.45, 2.75) is 13.5 Å². The summed E-state index contributed by atoms with van der Waals surface area (Å²) in [5.41, 5.74) is -0.108. The van der Waals surface area contributed by atoms with Crippen molar-refractivity contribution < 1.29 is 14.3 Å². The van der Waals surface area contributed by atoms with Crippen molar-refractivity contribution in [1.82, 2.24) is 20.3 Å². The van der Waals surface area contributed by atoms with Crippen molar-refractivity contribution in [3.8, 4) is 11.5 Å². The zero-order chi connectivity index (χ0) is 19.4. The van der Waals surface area contributed by atoms with E-state index in [1.807, 2.05) is 13.0 Å². The molecule has 27 heavy (non-hydrogen) atoms. The Morgan fingerprint density at radius 1 is 1.19 bits per heavy atom. The Bertz CT molecular complexity index is 1100. The van der Waals surface area contributed by atoms with Gasteiger partial charge in [-0.25, -0.2) is 9.78 Å². The summed E-state index contributed by atoms with van der Waals surface area (Å²) in [4.78, 5) is 43.9. The number of nitrogens with zero attached hydrogens (tertiary/aromatic N) is 1. The molecule has 0 saturated carbocycles. The van der Waals surface area contributed by atoms with E-state index in [-0.39, 0.29) is 23.1 Å². The van der Waals surface area contributed by atoms with E-state index in [0.29, 0.717) is 18.1 Å². The minimum absolute atomic E-state index is 0.122. The van der Waals surface area contributed by atoms with E-state index in [4.69, 9.17) is 9.47 Å². The molecule has 2 heterocycles. The van der Waals surface area contributed by atoms with Crippen LogP contribution in [0.3, 0.4) is 0 Å². The molecule has 1 aromatic carbocycles. The number of ether oxygens (including phenoxy) is 2. The Balaban J connectivity index is 1.77. The van der Waals surface area contributed by atoms with E-state index >= 15 is 0 Å². The maximum absolute atomic E-state index is 12.4. The van der Waals surface area contributed by atoms with E-state index in [1.54, 1.807) is 19.2 Å². The van der Waals surface area contributed by atoms with Gasteiger partial charge in [-0.3, -0.25) is 19.6 Å². The predicted molar refractivity (Wildman–Crippen MR) is 98.3 cm³/mol. The molecule has 1 amide bonds. The first-order chi connectivity index (χ1) is 13.0. The molecule has 9 heteroatoms. The van der Waals surface area contributed by atoms with Crippen LogP contribution >= 0.6 is 0 Å². The van der Waals surface area contributed by atoms with Crippen molar-refractivity contribution in [3.05, 3.63) is 62.4 Å². The van der Waals surface area contributed by atoms with Gasteiger partial charge in [-0.15, -0.1) is 0 Å². The molecule has 3 N–H and O–H groups in total. The number of methoxy groups -OCH3 is 1. The van der Waals surface area contributed by atoms with Gasteiger partial charge in [0.05, 0.1) is 24.7 Å². The van der Waals surface area contributed by atoms with E-state index in [9.17, 15) is 14.4 Å². The topological polar surface area (TPSA) is 126 Å². The summed E-state index contributed by atoms with van der Waals surface area (Å²) in [5.74, 6) is 0.802. The van der Waals surface area contributed by atoms with Crippen molar-refractivity contribution in [2.75, 3.05) is 13.7 Å². The second-order valence-electron chi connectivity index (χ2n) is 5.63. The number of carbonyl (C=O) groups excluding carboxylic acids is 1. The van der Waals surface area contributed by atoms with Crippen LogP contribution in [0.15, 0.2) is 40.1 Å². The lowest BCUT2D eigenvalue weighted by atomic mass is 10.2. The Hall–Kier alpha value is -3.62. The molecule has 9 nitrogen and oxygen atoms in total. The average molecular weight is 370 g/mol. The molecule has 0 spiro atoms. The number of aromatic amines is 2. The number of H-pyrrole nitrogens is 2. The number of fused-ring (bicyclic) bond motifs is 1. The number of nitrogens with one attached hydrogen (secondary N) is 3. The highest BCUT2D eigenvalue weighted by Gasteiger charge is 2.11. The molecule has 0 aliphatic carbocycles. The Morgan fingerprint density at radius 3 is 2.74 bits per heavy atom. The number of hydrogen-bond acceptors (Lipinski definition) is 6. The number of rotatable bonds is 6. The van der Waals surface area contributed by atoms with Crippen molar-refractivity contribution in [3.63, 3.8) is 0 Å². The van der Waals surface area contributed by atoms with Crippen LogP contribution in [0.25, 0.3) is 11.0 Å². The van der Waals surface area contributed by atoms with Crippen molar-refractivity contribution in [2.24, 2.45) is 0 Å². The number of aromatic nitrogens is 3. The van der Waals surface area contributed by atoms with Crippen molar-refractivity contribution in [1.29, 1.82) is 0 Å². The average Bonchev–Trinajstić information content (AvgIpc) is 2.66. The molecule has 0 aliphatic rings. The van der Waals surface area contributed by atoms with Gasteiger partial charge in [-0.05, 0) is 30.7 Å². The summed E-state index contributed by atoms with van der Waals surface area (Å²) in [6.45, 7) is 2.65. The first-order valence-electron chi connectivity index (χ1n) is 8.22. The smallest absolute Gasteiger partial charge is 0.327 e. The molecular formula is C18H18N4O5. The highest BCUT2D eigenvalue weighted by atomic mass is 16.5. The van der Waals surface area contributed by atoms with Gasteiger partial charge in [0.25, 0.3) is 11.5 Å². The zero-order valence-corrected chi connectivity index (χ0v) is 14.8. The molecule has 0 radical (unpaired) electrons. The largest absolute Gasteiger partial charge is 0.493 e. The first-order valence-corrected chi connectivity index (χ1v) is 8.22. The minimum atomic E-state index is -0.651. The summed E-state index contributed by atoms with van der Waals surface area (Å²) in [6, 6.07) is 6.75. The summed E-state index contributed by atoms with van der Waals surface area (Å²) < 4.78 is 10.7. The van der Waals surface area contributed by atoms with Gasteiger partial charge < -0.3 is 14.8 Å². The van der Waals surface area contributed by atoms with Crippen LogP contribution in [0.5, 0.6) is 11.5 Å². The standard InChI is InChI=1S/C18H18N4O5/c1-3-27-13-5-4-10(6-14(13)26-2)8-20-16(23)11-7-12-15(19-9-11)21-18(25)22-17(12)24/h4-7,9H,3,8H2,1-2H3,(H,20,23)(H2,19,21,22,24,25). The fraction of sp³-hybridized carbons (Fsp3) is 0.222. The highest BCUT2D eigenvalue weighted by molar-refractivity contribution is 5.96.